The third-order valence-electron chi connectivity index (χ3n) is 6.20. The highest BCUT2D eigenvalue weighted by molar-refractivity contribution is 5.70. The summed E-state index contributed by atoms with van der Waals surface area (Å²) >= 11 is 0. The number of ether oxygens (including phenoxy) is 2. The largest absolute Gasteiger partial charge is 0.493 e. The van der Waals surface area contributed by atoms with Gasteiger partial charge in [-0.2, -0.15) is 0 Å². The molecule has 4 rings (SSSR count). The highest BCUT2D eigenvalue weighted by Crippen LogP contribution is 2.45. The third-order valence-corrected chi connectivity index (χ3v) is 6.20. The van der Waals surface area contributed by atoms with Crippen LogP contribution in [0.2, 0.25) is 0 Å². The van der Waals surface area contributed by atoms with Crippen LogP contribution in [-0.2, 0) is 0 Å². The van der Waals surface area contributed by atoms with E-state index in [4.69, 9.17) is 9.47 Å². The minimum atomic E-state index is 0.356. The van der Waals surface area contributed by atoms with Crippen LogP contribution in [0.5, 0.6) is 11.5 Å². The standard InChI is InChI=1S/C25H32N2O2/c1-4-5-9-19-16-20-17-23(28-2)24(29-3)18-22(20)25(19)27-14-12-26(13-15-27)21-10-7-6-8-11-21/h6-8,10-11,16-18,25H,4-5,9,12-15H2,1-3H3. The zero-order chi connectivity index (χ0) is 20.2. The van der Waals surface area contributed by atoms with E-state index in [0.717, 1.165) is 44.1 Å². The number of fused-ring (bicyclic) bond motifs is 1. The minimum Gasteiger partial charge on any atom is -0.493 e. The molecule has 0 N–H and O–H groups in total. The topological polar surface area (TPSA) is 24.9 Å². The molecule has 1 unspecified atom stereocenters. The lowest BCUT2D eigenvalue weighted by Gasteiger charge is -2.40. The SMILES string of the molecule is CCCCC1=Cc2cc(OC)c(OC)cc2C1N1CCN(c2ccccc2)CC1. The average molecular weight is 393 g/mol. The van der Waals surface area contributed by atoms with Gasteiger partial charge >= 0.3 is 0 Å². The molecule has 0 radical (unpaired) electrons. The monoisotopic (exact) mass is 392 g/mol. The predicted molar refractivity (Wildman–Crippen MR) is 120 cm³/mol. The van der Waals surface area contributed by atoms with Crippen molar-refractivity contribution in [1.29, 1.82) is 0 Å². The maximum absolute atomic E-state index is 5.61. The van der Waals surface area contributed by atoms with Crippen LogP contribution in [0.1, 0.15) is 43.4 Å². The lowest BCUT2D eigenvalue weighted by molar-refractivity contribution is 0.208. The fraction of sp³-hybridized carbons (Fsp3) is 0.440. The number of anilines is 1. The summed E-state index contributed by atoms with van der Waals surface area (Å²) in [5, 5.41) is 0. The van der Waals surface area contributed by atoms with Gasteiger partial charge in [-0.25, -0.2) is 0 Å². The number of hydrogen-bond acceptors (Lipinski definition) is 4. The molecule has 1 aliphatic carbocycles. The number of hydrogen-bond donors (Lipinski definition) is 0. The molecule has 4 nitrogen and oxygen atoms in total. The molecule has 154 valence electrons. The normalized spacial score (nSPS) is 19.1. The average Bonchev–Trinajstić information content (AvgIpc) is 3.14. The number of piperazine rings is 1. The van der Waals surface area contributed by atoms with E-state index in [-0.39, 0.29) is 0 Å². The van der Waals surface area contributed by atoms with E-state index >= 15 is 0 Å². The number of rotatable bonds is 7. The summed E-state index contributed by atoms with van der Waals surface area (Å²) in [5.74, 6) is 1.64. The lowest BCUT2D eigenvalue weighted by Crippen LogP contribution is -2.47. The Morgan fingerprint density at radius 2 is 1.62 bits per heavy atom. The zero-order valence-corrected chi connectivity index (χ0v) is 17.9. The fourth-order valence-electron chi connectivity index (χ4n) is 4.65. The Labute approximate surface area is 174 Å². The van der Waals surface area contributed by atoms with Gasteiger partial charge in [-0.1, -0.05) is 37.6 Å². The van der Waals surface area contributed by atoms with E-state index in [1.165, 1.54) is 35.2 Å². The Morgan fingerprint density at radius 1 is 0.931 bits per heavy atom. The van der Waals surface area contributed by atoms with E-state index in [0.29, 0.717) is 6.04 Å². The smallest absolute Gasteiger partial charge is 0.161 e. The summed E-state index contributed by atoms with van der Waals surface area (Å²) in [6, 6.07) is 15.4. The van der Waals surface area contributed by atoms with Gasteiger partial charge in [-0.05, 0) is 53.8 Å². The van der Waals surface area contributed by atoms with Gasteiger partial charge in [0, 0.05) is 31.9 Å². The molecule has 1 aliphatic heterocycles. The van der Waals surface area contributed by atoms with Gasteiger partial charge in [0.2, 0.25) is 0 Å². The molecular weight excluding hydrogens is 360 g/mol. The summed E-state index contributed by atoms with van der Waals surface area (Å²) in [6.07, 6.45) is 5.99. The fourth-order valence-corrected chi connectivity index (χ4v) is 4.65. The van der Waals surface area contributed by atoms with Gasteiger partial charge in [0.25, 0.3) is 0 Å². The van der Waals surface area contributed by atoms with Gasteiger partial charge in [0.05, 0.1) is 20.3 Å². The Hall–Kier alpha value is -2.46. The molecule has 2 aliphatic rings. The molecule has 0 saturated carbocycles. The van der Waals surface area contributed by atoms with Crippen LogP contribution >= 0.6 is 0 Å². The molecule has 4 heteroatoms. The quantitative estimate of drug-likeness (QED) is 0.650. The zero-order valence-electron chi connectivity index (χ0n) is 17.9. The predicted octanol–water partition coefficient (Wildman–Crippen LogP) is 5.15. The second kappa shape index (κ2) is 8.91. The number of para-hydroxylation sites is 1. The van der Waals surface area contributed by atoms with Crippen molar-refractivity contribution in [2.24, 2.45) is 0 Å². The lowest BCUT2D eigenvalue weighted by atomic mass is 9.97. The molecule has 0 aromatic heterocycles. The molecule has 0 amide bonds. The first-order valence-electron chi connectivity index (χ1n) is 10.8. The highest BCUT2D eigenvalue weighted by atomic mass is 16.5. The van der Waals surface area contributed by atoms with Crippen LogP contribution in [0.4, 0.5) is 5.69 Å². The summed E-state index contributed by atoms with van der Waals surface area (Å²) in [5.41, 5.74) is 5.50. The Bertz CT molecular complexity index is 855. The van der Waals surface area contributed by atoms with Crippen molar-refractivity contribution in [1.82, 2.24) is 4.90 Å². The number of methoxy groups -OCH3 is 2. The van der Waals surface area contributed by atoms with Crippen molar-refractivity contribution in [3.63, 3.8) is 0 Å². The molecule has 1 heterocycles. The molecule has 29 heavy (non-hydrogen) atoms. The molecule has 2 aromatic carbocycles. The van der Waals surface area contributed by atoms with E-state index in [1.807, 2.05) is 0 Å². The molecule has 1 fully saturated rings. The maximum atomic E-state index is 5.61. The first-order valence-corrected chi connectivity index (χ1v) is 10.8. The van der Waals surface area contributed by atoms with E-state index in [9.17, 15) is 0 Å². The Kier molecular flexibility index (Phi) is 6.10. The summed E-state index contributed by atoms with van der Waals surface area (Å²) < 4.78 is 11.2. The highest BCUT2D eigenvalue weighted by Gasteiger charge is 2.33. The van der Waals surface area contributed by atoms with Gasteiger partial charge < -0.3 is 14.4 Å². The van der Waals surface area contributed by atoms with Crippen LogP contribution in [0.15, 0.2) is 48.0 Å². The van der Waals surface area contributed by atoms with Crippen molar-refractivity contribution < 1.29 is 9.47 Å². The van der Waals surface area contributed by atoms with Crippen molar-refractivity contribution in [3.05, 3.63) is 59.2 Å². The van der Waals surface area contributed by atoms with Crippen LogP contribution in [-0.4, -0.2) is 45.3 Å². The van der Waals surface area contributed by atoms with Crippen LogP contribution in [0, 0.1) is 0 Å². The molecule has 2 aromatic rings. The summed E-state index contributed by atoms with van der Waals surface area (Å²) in [6.45, 7) is 6.52. The molecule has 0 bridgehead atoms. The Morgan fingerprint density at radius 3 is 2.28 bits per heavy atom. The summed E-state index contributed by atoms with van der Waals surface area (Å²) in [4.78, 5) is 5.15. The van der Waals surface area contributed by atoms with Crippen LogP contribution in [0.3, 0.4) is 0 Å². The number of benzene rings is 2. The maximum Gasteiger partial charge on any atom is 0.161 e. The number of unbranched alkanes of at least 4 members (excludes halogenated alkanes) is 1. The summed E-state index contributed by atoms with van der Waals surface area (Å²) in [7, 11) is 3.43. The molecule has 1 saturated heterocycles. The third kappa shape index (κ3) is 3.99. The van der Waals surface area contributed by atoms with E-state index in [1.54, 1.807) is 14.2 Å². The molecule has 1 atom stereocenters. The second-order valence-electron chi connectivity index (χ2n) is 7.92. The van der Waals surface area contributed by atoms with Gasteiger partial charge in [-0.15, -0.1) is 0 Å². The minimum absolute atomic E-state index is 0.356. The first-order chi connectivity index (χ1) is 14.2. The van der Waals surface area contributed by atoms with Crippen molar-refractivity contribution in [3.8, 4) is 11.5 Å². The van der Waals surface area contributed by atoms with Crippen LogP contribution in [0.25, 0.3) is 6.08 Å². The van der Waals surface area contributed by atoms with Crippen molar-refractivity contribution in [2.75, 3.05) is 45.3 Å². The first kappa shape index (κ1) is 19.8. The Balaban J connectivity index is 1.58. The van der Waals surface area contributed by atoms with Crippen LogP contribution < -0.4 is 14.4 Å². The van der Waals surface area contributed by atoms with Crippen molar-refractivity contribution in [2.45, 2.75) is 32.2 Å². The molecular formula is C25H32N2O2. The van der Waals surface area contributed by atoms with Gasteiger partial charge in [0.15, 0.2) is 11.5 Å². The number of nitrogens with zero attached hydrogens (tertiary/aromatic N) is 2. The van der Waals surface area contributed by atoms with E-state index in [2.05, 4.69) is 65.3 Å². The van der Waals surface area contributed by atoms with Gasteiger partial charge in [-0.3, -0.25) is 4.90 Å². The second-order valence-corrected chi connectivity index (χ2v) is 7.92. The molecule has 0 spiro atoms. The van der Waals surface area contributed by atoms with Gasteiger partial charge in [0.1, 0.15) is 0 Å². The van der Waals surface area contributed by atoms with Crippen molar-refractivity contribution >= 4 is 11.8 Å². The van der Waals surface area contributed by atoms with E-state index < -0.39 is 0 Å².